The van der Waals surface area contributed by atoms with Gasteiger partial charge in [-0.05, 0) is 31.2 Å². The van der Waals surface area contributed by atoms with Gasteiger partial charge in [-0.15, -0.1) is 11.3 Å². The number of rotatable bonds is 5. The molecule has 0 spiro atoms. The molecule has 2 rings (SSSR count). The molecule has 2 nitrogen and oxygen atoms in total. The van der Waals surface area contributed by atoms with Gasteiger partial charge < -0.3 is 5.32 Å². The predicted octanol–water partition coefficient (Wildman–Crippen LogP) is 3.55. The quantitative estimate of drug-likeness (QED) is 0.848. The first-order chi connectivity index (χ1) is 7.75. The summed E-state index contributed by atoms with van der Waals surface area (Å²) in [5, 5.41) is 4.78. The lowest BCUT2D eigenvalue weighted by molar-refractivity contribution is 0.489. The Morgan fingerprint density at radius 1 is 1.44 bits per heavy atom. The maximum Gasteiger partial charge on any atom is 0.107 e. The third-order valence-electron chi connectivity index (χ3n) is 3.32. The van der Waals surface area contributed by atoms with E-state index in [1.165, 1.54) is 42.1 Å². The van der Waals surface area contributed by atoms with Gasteiger partial charge in [0.15, 0.2) is 0 Å². The minimum absolute atomic E-state index is 0.612. The van der Waals surface area contributed by atoms with Crippen molar-refractivity contribution in [3.63, 3.8) is 0 Å². The van der Waals surface area contributed by atoms with Gasteiger partial charge in [0, 0.05) is 17.6 Å². The van der Waals surface area contributed by atoms with Crippen LogP contribution in [0.5, 0.6) is 0 Å². The normalized spacial score (nSPS) is 17.4. The molecule has 1 aliphatic rings. The van der Waals surface area contributed by atoms with Gasteiger partial charge in [0.05, 0.1) is 0 Å². The molecule has 16 heavy (non-hydrogen) atoms. The minimum atomic E-state index is 0.612. The molecule has 1 aliphatic carbocycles. The van der Waals surface area contributed by atoms with Crippen LogP contribution in [0.15, 0.2) is 6.20 Å². The van der Waals surface area contributed by atoms with E-state index in [1.807, 2.05) is 17.5 Å². The molecule has 0 radical (unpaired) electrons. The van der Waals surface area contributed by atoms with Crippen molar-refractivity contribution in [1.82, 2.24) is 10.3 Å². The first-order valence-corrected chi connectivity index (χ1v) is 7.22. The average molecular weight is 238 g/mol. The SMILES string of the molecule is CC(C)c1cnc(CNCC2CCCC2)s1. The van der Waals surface area contributed by atoms with E-state index in [9.17, 15) is 0 Å². The van der Waals surface area contributed by atoms with E-state index in [-0.39, 0.29) is 0 Å². The lowest BCUT2D eigenvalue weighted by atomic mass is 10.1. The van der Waals surface area contributed by atoms with Gasteiger partial charge in [0.2, 0.25) is 0 Å². The number of nitrogens with zero attached hydrogens (tertiary/aromatic N) is 1. The second-order valence-electron chi connectivity index (χ2n) is 5.09. The van der Waals surface area contributed by atoms with Crippen LogP contribution < -0.4 is 5.32 Å². The summed E-state index contributed by atoms with van der Waals surface area (Å²) in [6.07, 6.45) is 7.73. The average Bonchev–Trinajstić information content (AvgIpc) is 2.87. The van der Waals surface area contributed by atoms with Crippen LogP contribution in [-0.4, -0.2) is 11.5 Å². The Morgan fingerprint density at radius 3 is 2.81 bits per heavy atom. The van der Waals surface area contributed by atoms with Crippen molar-refractivity contribution in [1.29, 1.82) is 0 Å². The Morgan fingerprint density at radius 2 is 2.19 bits per heavy atom. The van der Waals surface area contributed by atoms with E-state index in [0.717, 1.165) is 12.5 Å². The molecule has 1 N–H and O–H groups in total. The van der Waals surface area contributed by atoms with Gasteiger partial charge in [-0.25, -0.2) is 4.98 Å². The van der Waals surface area contributed by atoms with E-state index in [4.69, 9.17) is 0 Å². The molecule has 3 heteroatoms. The van der Waals surface area contributed by atoms with E-state index in [1.54, 1.807) is 0 Å². The van der Waals surface area contributed by atoms with E-state index >= 15 is 0 Å². The molecule has 0 bridgehead atoms. The lowest BCUT2D eigenvalue weighted by Crippen LogP contribution is -2.20. The summed E-state index contributed by atoms with van der Waals surface area (Å²) >= 11 is 1.85. The molecule has 0 aromatic carbocycles. The summed E-state index contributed by atoms with van der Waals surface area (Å²) < 4.78 is 0. The van der Waals surface area contributed by atoms with E-state index < -0.39 is 0 Å². The number of thiazole rings is 1. The fraction of sp³-hybridized carbons (Fsp3) is 0.769. The van der Waals surface area contributed by atoms with Gasteiger partial charge in [-0.1, -0.05) is 26.7 Å². The smallest absolute Gasteiger partial charge is 0.107 e. The summed E-state index contributed by atoms with van der Waals surface area (Å²) in [6.45, 7) is 6.58. The molecule has 0 unspecified atom stereocenters. The molecule has 0 saturated heterocycles. The standard InChI is InChI=1S/C13H22N2S/c1-10(2)12-8-15-13(16-12)9-14-7-11-5-3-4-6-11/h8,10-11,14H,3-7,9H2,1-2H3. The Kier molecular flexibility index (Phi) is 4.36. The zero-order valence-corrected chi connectivity index (χ0v) is 11.1. The van der Waals surface area contributed by atoms with Crippen molar-refractivity contribution < 1.29 is 0 Å². The van der Waals surface area contributed by atoms with Crippen LogP contribution in [0.1, 0.15) is 55.3 Å². The maximum absolute atomic E-state index is 4.46. The van der Waals surface area contributed by atoms with Crippen LogP contribution in [0.25, 0.3) is 0 Å². The van der Waals surface area contributed by atoms with Crippen molar-refractivity contribution in [2.75, 3.05) is 6.54 Å². The second kappa shape index (κ2) is 5.78. The van der Waals surface area contributed by atoms with Crippen LogP contribution >= 0.6 is 11.3 Å². The maximum atomic E-state index is 4.46. The molecule has 0 amide bonds. The number of hydrogen-bond donors (Lipinski definition) is 1. The summed E-state index contributed by atoms with van der Waals surface area (Å²) in [6, 6.07) is 0. The highest BCUT2D eigenvalue weighted by molar-refractivity contribution is 7.11. The van der Waals surface area contributed by atoms with E-state index in [2.05, 4.69) is 24.1 Å². The Hall–Kier alpha value is -0.410. The summed E-state index contributed by atoms with van der Waals surface area (Å²) in [5.41, 5.74) is 0. The van der Waals surface area contributed by atoms with Gasteiger partial charge in [0.25, 0.3) is 0 Å². The topological polar surface area (TPSA) is 24.9 Å². The molecule has 1 aromatic heterocycles. The third-order valence-corrected chi connectivity index (χ3v) is 4.62. The minimum Gasteiger partial charge on any atom is -0.310 e. The van der Waals surface area contributed by atoms with Crippen molar-refractivity contribution in [2.45, 2.75) is 52.0 Å². The van der Waals surface area contributed by atoms with Crippen molar-refractivity contribution >= 4 is 11.3 Å². The summed E-state index contributed by atoms with van der Waals surface area (Å²) in [7, 11) is 0. The first-order valence-electron chi connectivity index (χ1n) is 6.41. The molecule has 0 aliphatic heterocycles. The largest absolute Gasteiger partial charge is 0.310 e. The zero-order chi connectivity index (χ0) is 11.4. The third kappa shape index (κ3) is 3.29. The summed E-state index contributed by atoms with van der Waals surface area (Å²) in [4.78, 5) is 5.86. The van der Waals surface area contributed by atoms with Gasteiger partial charge in [0.1, 0.15) is 5.01 Å². The van der Waals surface area contributed by atoms with Crippen molar-refractivity contribution in [3.8, 4) is 0 Å². The van der Waals surface area contributed by atoms with Crippen LogP contribution in [0.3, 0.4) is 0 Å². The monoisotopic (exact) mass is 238 g/mol. The summed E-state index contributed by atoms with van der Waals surface area (Å²) in [5.74, 6) is 1.53. The number of nitrogens with one attached hydrogen (secondary N) is 1. The Balaban J connectivity index is 1.72. The highest BCUT2D eigenvalue weighted by Gasteiger charge is 2.14. The van der Waals surface area contributed by atoms with Gasteiger partial charge in [-0.2, -0.15) is 0 Å². The molecular formula is C13H22N2S. The molecule has 0 atom stereocenters. The molecule has 1 fully saturated rings. The predicted molar refractivity (Wildman–Crippen MR) is 69.9 cm³/mol. The van der Waals surface area contributed by atoms with Crippen LogP contribution in [0, 0.1) is 5.92 Å². The fourth-order valence-corrected chi connectivity index (χ4v) is 3.16. The van der Waals surface area contributed by atoms with Gasteiger partial charge in [-0.3, -0.25) is 0 Å². The van der Waals surface area contributed by atoms with Crippen LogP contribution in [0.2, 0.25) is 0 Å². The zero-order valence-electron chi connectivity index (χ0n) is 10.3. The first kappa shape index (κ1) is 12.1. The van der Waals surface area contributed by atoms with Gasteiger partial charge >= 0.3 is 0 Å². The Bertz CT molecular complexity index is 313. The molecule has 1 saturated carbocycles. The number of aromatic nitrogens is 1. The van der Waals surface area contributed by atoms with Crippen LogP contribution in [-0.2, 0) is 6.54 Å². The highest BCUT2D eigenvalue weighted by atomic mass is 32.1. The highest BCUT2D eigenvalue weighted by Crippen LogP contribution is 2.24. The second-order valence-corrected chi connectivity index (χ2v) is 6.24. The molecule has 90 valence electrons. The molecule has 1 aromatic rings. The Labute approximate surface area is 102 Å². The fourth-order valence-electron chi connectivity index (χ4n) is 2.27. The lowest BCUT2D eigenvalue weighted by Gasteiger charge is -2.08. The number of hydrogen-bond acceptors (Lipinski definition) is 3. The molecular weight excluding hydrogens is 216 g/mol. The van der Waals surface area contributed by atoms with Crippen LogP contribution in [0.4, 0.5) is 0 Å². The van der Waals surface area contributed by atoms with Crippen molar-refractivity contribution in [2.24, 2.45) is 5.92 Å². The molecule has 1 heterocycles. The van der Waals surface area contributed by atoms with Crippen molar-refractivity contribution in [3.05, 3.63) is 16.1 Å². The van der Waals surface area contributed by atoms with E-state index in [0.29, 0.717) is 5.92 Å².